The number of anilines is 2. The van der Waals surface area contributed by atoms with Crippen molar-refractivity contribution in [1.29, 1.82) is 0 Å². The number of nitrogens with zero attached hydrogens (tertiary/aromatic N) is 3. The van der Waals surface area contributed by atoms with Gasteiger partial charge in [0.2, 0.25) is 5.95 Å². The van der Waals surface area contributed by atoms with Crippen molar-refractivity contribution in [3.8, 4) is 0 Å². The first-order valence-corrected chi connectivity index (χ1v) is 13.6. The van der Waals surface area contributed by atoms with Crippen LogP contribution in [0.3, 0.4) is 0 Å². The Labute approximate surface area is 229 Å². The van der Waals surface area contributed by atoms with Gasteiger partial charge in [-0.25, -0.2) is 4.98 Å². The van der Waals surface area contributed by atoms with E-state index in [0.29, 0.717) is 41.1 Å². The van der Waals surface area contributed by atoms with Crippen molar-refractivity contribution in [2.45, 2.75) is 38.6 Å². The quantitative estimate of drug-likeness (QED) is 0.292. The average Bonchev–Trinajstić information content (AvgIpc) is 2.96. The first-order chi connectivity index (χ1) is 18.9. The molecule has 1 saturated carbocycles. The van der Waals surface area contributed by atoms with Gasteiger partial charge in [-0.05, 0) is 56.7 Å². The van der Waals surface area contributed by atoms with Crippen LogP contribution in [0.25, 0.3) is 10.9 Å². The van der Waals surface area contributed by atoms with Gasteiger partial charge in [0.05, 0.1) is 11.1 Å². The fourth-order valence-corrected chi connectivity index (χ4v) is 5.23. The zero-order valence-corrected chi connectivity index (χ0v) is 22.8. The summed E-state index contributed by atoms with van der Waals surface area (Å²) in [6, 6.07) is 22.8. The number of amides is 1. The van der Waals surface area contributed by atoms with Crippen LogP contribution < -0.4 is 15.5 Å². The second kappa shape index (κ2) is 11.6. The predicted octanol–water partition coefficient (Wildman–Crippen LogP) is 5.64. The number of nitrogens with one attached hydrogen (secondary N) is 2. The predicted molar refractivity (Wildman–Crippen MR) is 157 cm³/mol. The number of carbonyl (C=O) groups excluding carboxylic acids is 2. The maximum atomic E-state index is 13.1. The van der Waals surface area contributed by atoms with E-state index in [-0.39, 0.29) is 11.7 Å². The minimum atomic E-state index is -0.202. The minimum absolute atomic E-state index is 0.138. The van der Waals surface area contributed by atoms with Gasteiger partial charge in [-0.15, -0.1) is 0 Å². The van der Waals surface area contributed by atoms with Gasteiger partial charge in [0.15, 0.2) is 5.78 Å². The molecule has 0 saturated heterocycles. The second-order valence-corrected chi connectivity index (χ2v) is 10.6. The molecule has 39 heavy (non-hydrogen) atoms. The molecule has 2 N–H and O–H groups in total. The van der Waals surface area contributed by atoms with E-state index in [1.165, 1.54) is 0 Å². The molecule has 200 valence electrons. The molecule has 0 unspecified atom stereocenters. The number of para-hydroxylation sites is 1. The van der Waals surface area contributed by atoms with Crippen molar-refractivity contribution in [3.05, 3.63) is 95.1 Å². The Kier molecular flexibility index (Phi) is 7.87. The molecule has 0 bridgehead atoms. The highest BCUT2D eigenvalue weighted by Crippen LogP contribution is 2.28. The normalized spacial score (nSPS) is 17.0. The Morgan fingerprint density at radius 3 is 2.23 bits per heavy atom. The van der Waals surface area contributed by atoms with Crippen LogP contribution >= 0.6 is 0 Å². The molecule has 5 rings (SSSR count). The van der Waals surface area contributed by atoms with Crippen LogP contribution in [0.1, 0.15) is 57.5 Å². The van der Waals surface area contributed by atoms with Crippen molar-refractivity contribution in [1.82, 2.24) is 15.3 Å². The van der Waals surface area contributed by atoms with E-state index in [2.05, 4.69) is 10.6 Å². The average molecular weight is 522 g/mol. The molecular formula is C32H35N5O2. The summed E-state index contributed by atoms with van der Waals surface area (Å²) in [6.07, 6.45) is 3.96. The van der Waals surface area contributed by atoms with Gasteiger partial charge in [0.25, 0.3) is 5.91 Å². The SMILES string of the molecule is Cc1ccc(C(=O)c2ccccc2C(=O)NC[C@H]2CC[C@@H](Nc3nc(N(C)C)c4ccccc4n3)CC2)cc1. The van der Waals surface area contributed by atoms with Crippen molar-refractivity contribution < 1.29 is 9.59 Å². The van der Waals surface area contributed by atoms with Crippen LogP contribution in [0.4, 0.5) is 11.8 Å². The summed E-state index contributed by atoms with van der Waals surface area (Å²) in [5.41, 5.74) is 3.45. The van der Waals surface area contributed by atoms with Crippen molar-refractivity contribution in [2.24, 2.45) is 5.92 Å². The highest BCUT2D eigenvalue weighted by atomic mass is 16.2. The number of hydrogen-bond acceptors (Lipinski definition) is 6. The Bertz CT molecular complexity index is 1470. The molecule has 0 spiro atoms. The lowest BCUT2D eigenvalue weighted by molar-refractivity contribution is 0.0933. The summed E-state index contributed by atoms with van der Waals surface area (Å²) < 4.78 is 0. The first-order valence-electron chi connectivity index (χ1n) is 13.6. The lowest BCUT2D eigenvalue weighted by Crippen LogP contribution is -2.34. The molecule has 7 heteroatoms. The molecule has 1 aliphatic rings. The van der Waals surface area contributed by atoms with Crippen LogP contribution in [-0.4, -0.2) is 48.3 Å². The molecule has 0 atom stereocenters. The van der Waals surface area contributed by atoms with E-state index >= 15 is 0 Å². The molecule has 1 aromatic heterocycles. The lowest BCUT2D eigenvalue weighted by atomic mass is 9.86. The van der Waals surface area contributed by atoms with E-state index in [1.807, 2.05) is 74.4 Å². The van der Waals surface area contributed by atoms with Gasteiger partial charge in [-0.1, -0.05) is 60.2 Å². The van der Waals surface area contributed by atoms with Crippen molar-refractivity contribution in [2.75, 3.05) is 30.9 Å². The number of rotatable bonds is 8. The first kappa shape index (κ1) is 26.4. The number of hydrogen-bond donors (Lipinski definition) is 2. The molecule has 1 fully saturated rings. The van der Waals surface area contributed by atoms with Gasteiger partial charge in [0.1, 0.15) is 5.82 Å². The number of fused-ring (bicyclic) bond motifs is 1. The number of benzene rings is 3. The Hall–Kier alpha value is -4.26. The van der Waals surface area contributed by atoms with Gasteiger partial charge >= 0.3 is 0 Å². The summed E-state index contributed by atoms with van der Waals surface area (Å²) in [5.74, 6) is 1.61. The smallest absolute Gasteiger partial charge is 0.252 e. The van der Waals surface area contributed by atoms with Crippen LogP contribution in [0.2, 0.25) is 0 Å². The molecule has 0 radical (unpaired) electrons. The van der Waals surface area contributed by atoms with E-state index < -0.39 is 0 Å². The van der Waals surface area contributed by atoms with E-state index in [1.54, 1.807) is 24.3 Å². The molecule has 1 heterocycles. The summed E-state index contributed by atoms with van der Waals surface area (Å²) in [7, 11) is 3.99. The minimum Gasteiger partial charge on any atom is -0.362 e. The molecule has 1 amide bonds. The highest BCUT2D eigenvalue weighted by Gasteiger charge is 2.24. The molecule has 7 nitrogen and oxygen atoms in total. The molecular weight excluding hydrogens is 486 g/mol. The van der Waals surface area contributed by atoms with Crippen LogP contribution in [0.5, 0.6) is 0 Å². The van der Waals surface area contributed by atoms with Gasteiger partial charge in [-0.3, -0.25) is 9.59 Å². The van der Waals surface area contributed by atoms with E-state index in [0.717, 1.165) is 48.0 Å². The standard InChI is InChI=1S/C32H35N5O2/c1-21-12-16-23(17-13-21)29(38)25-8-4-5-9-26(25)31(39)33-20-22-14-18-24(19-15-22)34-32-35-28-11-7-6-10-27(28)30(36-32)37(2)3/h4-13,16-17,22,24H,14-15,18-20H2,1-3H3,(H,33,39)(H,34,35,36)/t22-,24+. The Balaban J connectivity index is 1.17. The van der Waals surface area contributed by atoms with E-state index in [9.17, 15) is 9.59 Å². The van der Waals surface area contributed by atoms with Gasteiger partial charge < -0.3 is 15.5 Å². The third kappa shape index (κ3) is 6.08. The van der Waals surface area contributed by atoms with E-state index in [4.69, 9.17) is 9.97 Å². The third-order valence-corrected chi connectivity index (χ3v) is 7.47. The fourth-order valence-electron chi connectivity index (χ4n) is 5.23. The topological polar surface area (TPSA) is 87.2 Å². The Morgan fingerprint density at radius 1 is 0.846 bits per heavy atom. The molecule has 4 aromatic rings. The summed E-state index contributed by atoms with van der Waals surface area (Å²) >= 11 is 0. The number of carbonyl (C=O) groups is 2. The van der Waals surface area contributed by atoms with Crippen LogP contribution in [0.15, 0.2) is 72.8 Å². The zero-order chi connectivity index (χ0) is 27.4. The van der Waals surface area contributed by atoms with Crippen molar-refractivity contribution >= 4 is 34.4 Å². The summed E-state index contributed by atoms with van der Waals surface area (Å²) in [6.45, 7) is 2.58. The monoisotopic (exact) mass is 521 g/mol. The number of ketones is 1. The van der Waals surface area contributed by atoms with Gasteiger partial charge in [0, 0.05) is 43.2 Å². The Morgan fingerprint density at radius 2 is 1.51 bits per heavy atom. The zero-order valence-electron chi connectivity index (χ0n) is 22.8. The highest BCUT2D eigenvalue weighted by molar-refractivity contribution is 6.15. The van der Waals surface area contributed by atoms with Crippen LogP contribution in [-0.2, 0) is 0 Å². The third-order valence-electron chi connectivity index (χ3n) is 7.47. The van der Waals surface area contributed by atoms with Crippen molar-refractivity contribution in [3.63, 3.8) is 0 Å². The second-order valence-electron chi connectivity index (χ2n) is 10.6. The summed E-state index contributed by atoms with van der Waals surface area (Å²) in [4.78, 5) is 37.7. The maximum Gasteiger partial charge on any atom is 0.252 e. The molecule has 1 aliphatic carbocycles. The molecule has 3 aromatic carbocycles. The van der Waals surface area contributed by atoms with Gasteiger partial charge in [-0.2, -0.15) is 4.98 Å². The summed E-state index contributed by atoms with van der Waals surface area (Å²) in [5, 5.41) is 7.67. The fraction of sp³-hybridized carbons (Fsp3) is 0.312. The molecule has 0 aliphatic heterocycles. The lowest BCUT2D eigenvalue weighted by Gasteiger charge is -2.29. The number of aromatic nitrogens is 2. The largest absolute Gasteiger partial charge is 0.362 e. The number of aryl methyl sites for hydroxylation is 1. The maximum absolute atomic E-state index is 13.1. The van der Waals surface area contributed by atoms with Crippen LogP contribution in [0, 0.1) is 12.8 Å².